The van der Waals surface area contributed by atoms with Crippen LogP contribution in [0.1, 0.15) is 18.4 Å². The van der Waals surface area contributed by atoms with Gasteiger partial charge in [0.05, 0.1) is 26.4 Å². The number of rotatable bonds is 7. The Morgan fingerprint density at radius 3 is 2.64 bits per heavy atom. The van der Waals surface area contributed by atoms with Gasteiger partial charge in [0.1, 0.15) is 0 Å². The molecule has 3 rings (SSSR count). The molecule has 0 aromatic heterocycles. The number of ether oxygens (including phenoxy) is 3. The molecule has 0 unspecified atom stereocenters. The number of aliphatic hydroxyl groups is 1. The average Bonchev–Trinajstić information content (AvgIpc) is 3.27. The third-order valence-corrected chi connectivity index (χ3v) is 5.39. The van der Waals surface area contributed by atoms with Crippen molar-refractivity contribution in [1.29, 1.82) is 0 Å². The Kier molecular flexibility index (Phi) is 7.36. The van der Waals surface area contributed by atoms with Crippen molar-refractivity contribution in [2.45, 2.75) is 31.6 Å². The third kappa shape index (κ3) is 5.27. The van der Waals surface area contributed by atoms with Gasteiger partial charge in [-0.15, -0.1) is 0 Å². The molecule has 8 nitrogen and oxygen atoms in total. The van der Waals surface area contributed by atoms with Crippen LogP contribution in [0.4, 0.5) is 4.79 Å². The van der Waals surface area contributed by atoms with Gasteiger partial charge in [0, 0.05) is 45.9 Å². The number of urea groups is 1. The summed E-state index contributed by atoms with van der Waals surface area (Å²) in [5.41, 5.74) is 0.948. The summed E-state index contributed by atoms with van der Waals surface area (Å²) >= 11 is 0. The van der Waals surface area contributed by atoms with E-state index in [4.69, 9.17) is 14.2 Å². The summed E-state index contributed by atoms with van der Waals surface area (Å²) < 4.78 is 16.1. The monoisotopic (exact) mass is 393 g/mol. The fourth-order valence-corrected chi connectivity index (χ4v) is 3.70. The number of carbonyl (C=O) groups is 1. The van der Waals surface area contributed by atoms with E-state index in [1.54, 1.807) is 14.2 Å². The van der Waals surface area contributed by atoms with Gasteiger partial charge in [0.25, 0.3) is 0 Å². The number of carbonyl (C=O) groups excluding carboxylic acids is 1. The number of methoxy groups -OCH3 is 2. The van der Waals surface area contributed by atoms with E-state index in [-0.39, 0.29) is 12.1 Å². The lowest BCUT2D eigenvalue weighted by Crippen LogP contribution is -2.53. The van der Waals surface area contributed by atoms with E-state index in [1.165, 1.54) is 0 Å². The van der Waals surface area contributed by atoms with Crippen LogP contribution in [-0.4, -0.2) is 86.7 Å². The zero-order chi connectivity index (χ0) is 19.9. The molecule has 2 saturated heterocycles. The van der Waals surface area contributed by atoms with Crippen molar-refractivity contribution < 1.29 is 24.1 Å². The highest BCUT2D eigenvalue weighted by atomic mass is 16.5. The molecular weight excluding hydrogens is 362 g/mol. The first-order chi connectivity index (χ1) is 13.6. The van der Waals surface area contributed by atoms with Crippen LogP contribution >= 0.6 is 0 Å². The molecule has 2 atom stereocenters. The van der Waals surface area contributed by atoms with E-state index in [9.17, 15) is 9.90 Å². The summed E-state index contributed by atoms with van der Waals surface area (Å²) in [4.78, 5) is 16.5. The van der Waals surface area contributed by atoms with E-state index in [1.807, 2.05) is 23.1 Å². The van der Waals surface area contributed by atoms with Crippen LogP contribution in [-0.2, 0) is 11.3 Å². The maximum atomic E-state index is 12.5. The summed E-state index contributed by atoms with van der Waals surface area (Å²) in [5.74, 6) is 1.31. The van der Waals surface area contributed by atoms with Gasteiger partial charge in [0.15, 0.2) is 11.5 Å². The molecule has 2 amide bonds. The van der Waals surface area contributed by atoms with E-state index >= 15 is 0 Å². The van der Waals surface area contributed by atoms with Crippen molar-refractivity contribution in [3.05, 3.63) is 23.8 Å². The van der Waals surface area contributed by atoms with Gasteiger partial charge in [-0.3, -0.25) is 4.90 Å². The zero-order valence-corrected chi connectivity index (χ0v) is 16.7. The number of nitrogens with zero attached hydrogens (tertiary/aromatic N) is 2. The molecule has 2 heterocycles. The Hall–Kier alpha value is -2.03. The van der Waals surface area contributed by atoms with Crippen LogP contribution in [0.2, 0.25) is 0 Å². The molecule has 2 N–H and O–H groups in total. The maximum absolute atomic E-state index is 12.5. The quantitative estimate of drug-likeness (QED) is 0.721. The molecule has 2 aliphatic rings. The first kappa shape index (κ1) is 20.7. The number of amides is 2. The largest absolute Gasteiger partial charge is 0.493 e. The van der Waals surface area contributed by atoms with Crippen LogP contribution in [0.25, 0.3) is 0 Å². The third-order valence-electron chi connectivity index (χ3n) is 5.39. The number of β-amino-alcohol motifs (C(OH)–C–C–N with tert-alkyl or cyclic N) is 1. The minimum atomic E-state index is -0.451. The molecule has 0 saturated carbocycles. The lowest BCUT2D eigenvalue weighted by atomic mass is 10.1. The number of hydrogen-bond donors (Lipinski definition) is 2. The summed E-state index contributed by atoms with van der Waals surface area (Å²) in [7, 11) is 3.19. The van der Waals surface area contributed by atoms with Crippen molar-refractivity contribution >= 4 is 6.03 Å². The predicted molar refractivity (Wildman–Crippen MR) is 105 cm³/mol. The average molecular weight is 393 g/mol. The normalized spacial score (nSPS) is 21.4. The van der Waals surface area contributed by atoms with Crippen molar-refractivity contribution in [3.63, 3.8) is 0 Å². The van der Waals surface area contributed by atoms with Gasteiger partial charge in [-0.05, 0) is 30.5 Å². The molecule has 1 aromatic carbocycles. The smallest absolute Gasteiger partial charge is 0.317 e. The summed E-state index contributed by atoms with van der Waals surface area (Å²) in [6, 6.07) is 5.53. The Morgan fingerprint density at radius 1 is 1.25 bits per heavy atom. The van der Waals surface area contributed by atoms with Crippen LogP contribution < -0.4 is 14.8 Å². The number of benzene rings is 1. The molecule has 0 aliphatic carbocycles. The highest BCUT2D eigenvalue weighted by Crippen LogP contribution is 2.27. The summed E-state index contributed by atoms with van der Waals surface area (Å²) in [6.45, 7) is 4.59. The van der Waals surface area contributed by atoms with Crippen LogP contribution in [0.15, 0.2) is 18.2 Å². The molecule has 8 heteroatoms. The highest BCUT2D eigenvalue weighted by Gasteiger charge is 2.28. The Morgan fingerprint density at radius 2 is 2.00 bits per heavy atom. The fraction of sp³-hybridized carbons (Fsp3) is 0.650. The van der Waals surface area contributed by atoms with Gasteiger partial charge in [-0.2, -0.15) is 0 Å². The van der Waals surface area contributed by atoms with E-state index < -0.39 is 6.10 Å². The second-order valence-electron chi connectivity index (χ2n) is 7.25. The number of nitrogens with one attached hydrogen (secondary N) is 1. The first-order valence-corrected chi connectivity index (χ1v) is 9.86. The van der Waals surface area contributed by atoms with Crippen LogP contribution in [0.3, 0.4) is 0 Å². The minimum Gasteiger partial charge on any atom is -0.493 e. The maximum Gasteiger partial charge on any atom is 0.317 e. The number of piperazine rings is 1. The number of aliphatic hydroxyl groups excluding tert-OH is 1. The summed E-state index contributed by atoms with van der Waals surface area (Å²) in [5, 5.41) is 13.2. The molecule has 0 bridgehead atoms. The van der Waals surface area contributed by atoms with Crippen molar-refractivity contribution in [3.8, 4) is 11.5 Å². The van der Waals surface area contributed by atoms with Crippen molar-refractivity contribution in [2.24, 2.45) is 0 Å². The van der Waals surface area contributed by atoms with Gasteiger partial charge in [-0.25, -0.2) is 4.79 Å². The molecule has 0 radical (unpaired) electrons. The van der Waals surface area contributed by atoms with E-state index in [2.05, 4.69) is 10.2 Å². The van der Waals surface area contributed by atoms with Crippen LogP contribution in [0.5, 0.6) is 11.5 Å². The van der Waals surface area contributed by atoms with Gasteiger partial charge < -0.3 is 29.5 Å². The molecule has 2 fully saturated rings. The van der Waals surface area contributed by atoms with E-state index in [0.717, 1.165) is 38.1 Å². The van der Waals surface area contributed by atoms with Crippen molar-refractivity contribution in [1.82, 2.24) is 15.1 Å². The van der Waals surface area contributed by atoms with Gasteiger partial charge in [0.2, 0.25) is 0 Å². The first-order valence-electron chi connectivity index (χ1n) is 9.86. The standard InChI is InChI=1S/C20H31N3O5/c1-26-18-6-5-15(12-19(18)27-2)13-21-20(25)23-9-7-22(8-10-23)14-16(24)17-4-3-11-28-17/h5-6,12,16-17,24H,3-4,7-11,13-14H2,1-2H3,(H,21,25)/t16-,17-/m1/s1. The Bertz CT molecular complexity index is 643. The SMILES string of the molecule is COc1ccc(CNC(=O)N2CCN(C[C@@H](O)[C@H]3CCCO3)CC2)cc1OC. The molecule has 2 aliphatic heterocycles. The summed E-state index contributed by atoms with van der Waals surface area (Å²) in [6.07, 6.45) is 1.46. The predicted octanol–water partition coefficient (Wildman–Crippen LogP) is 1.07. The molecular formula is C20H31N3O5. The molecule has 28 heavy (non-hydrogen) atoms. The Labute approximate surface area is 166 Å². The van der Waals surface area contributed by atoms with E-state index in [0.29, 0.717) is 37.7 Å². The Balaban J connectivity index is 1.41. The zero-order valence-electron chi connectivity index (χ0n) is 16.7. The van der Waals surface area contributed by atoms with Crippen LogP contribution in [0, 0.1) is 0 Å². The molecule has 1 aromatic rings. The molecule has 156 valence electrons. The second kappa shape index (κ2) is 9.95. The lowest BCUT2D eigenvalue weighted by Gasteiger charge is -2.36. The van der Waals surface area contributed by atoms with Gasteiger partial charge >= 0.3 is 6.03 Å². The van der Waals surface area contributed by atoms with Crippen molar-refractivity contribution in [2.75, 3.05) is 53.6 Å². The fourth-order valence-electron chi connectivity index (χ4n) is 3.70. The topological polar surface area (TPSA) is 83.5 Å². The minimum absolute atomic E-state index is 0.0391. The van der Waals surface area contributed by atoms with Gasteiger partial charge in [-0.1, -0.05) is 6.07 Å². The highest BCUT2D eigenvalue weighted by molar-refractivity contribution is 5.74. The molecule has 0 spiro atoms. The number of hydrogen-bond acceptors (Lipinski definition) is 6. The lowest BCUT2D eigenvalue weighted by molar-refractivity contribution is -0.0231. The second-order valence-corrected chi connectivity index (χ2v) is 7.25.